The summed E-state index contributed by atoms with van der Waals surface area (Å²) in [5, 5.41) is 20.9. The van der Waals surface area contributed by atoms with Crippen molar-refractivity contribution in [3.8, 4) is 5.75 Å². The maximum absolute atomic E-state index is 12.0. The molecule has 0 fully saturated rings. The van der Waals surface area contributed by atoms with Crippen LogP contribution in [0.2, 0.25) is 5.02 Å². The summed E-state index contributed by atoms with van der Waals surface area (Å²) in [6.45, 7) is 2.53. The first-order valence-electron chi connectivity index (χ1n) is 5.86. The molecule has 1 rings (SSSR count). The van der Waals surface area contributed by atoms with E-state index >= 15 is 0 Å². The van der Waals surface area contributed by atoms with E-state index in [4.69, 9.17) is 26.6 Å². The highest BCUT2D eigenvalue weighted by atomic mass is 35.5. The number of aliphatic hydroxyl groups excluding tert-OH is 2. The lowest BCUT2D eigenvalue weighted by Gasteiger charge is -2.27. The Balaban J connectivity index is 2.69. The molecule has 0 atom stereocenters. The SMILES string of the molecule is CC(C)(Oc1ccc(Cl)cc1)C(=O)NC(CO)CO. The predicted octanol–water partition coefficient (Wildman–Crippen LogP) is 0.967. The molecular formula is C13H18ClNO4. The van der Waals surface area contributed by atoms with Crippen molar-refractivity contribution in [1.29, 1.82) is 0 Å². The third-order valence-corrected chi connectivity index (χ3v) is 2.76. The molecule has 3 N–H and O–H groups in total. The average molecular weight is 288 g/mol. The maximum Gasteiger partial charge on any atom is 0.263 e. The molecule has 0 aliphatic rings. The van der Waals surface area contributed by atoms with Gasteiger partial charge in [0, 0.05) is 5.02 Å². The Morgan fingerprint density at radius 1 is 1.32 bits per heavy atom. The molecule has 0 aliphatic heterocycles. The minimum absolute atomic E-state index is 0.334. The molecule has 106 valence electrons. The van der Waals surface area contributed by atoms with Gasteiger partial charge in [0.25, 0.3) is 5.91 Å². The second-order valence-corrected chi connectivity index (χ2v) is 5.04. The number of carbonyl (C=O) groups is 1. The summed E-state index contributed by atoms with van der Waals surface area (Å²) in [6.07, 6.45) is 0. The van der Waals surface area contributed by atoms with Crippen LogP contribution in [0.4, 0.5) is 0 Å². The van der Waals surface area contributed by atoms with Crippen LogP contribution in [0, 0.1) is 0 Å². The van der Waals surface area contributed by atoms with E-state index in [2.05, 4.69) is 5.32 Å². The first-order chi connectivity index (χ1) is 8.89. The Bertz CT molecular complexity index is 415. The Hall–Kier alpha value is -1.30. The fourth-order valence-corrected chi connectivity index (χ4v) is 1.48. The topological polar surface area (TPSA) is 78.8 Å². The van der Waals surface area contributed by atoms with Crippen LogP contribution in [-0.4, -0.2) is 41.0 Å². The fraction of sp³-hybridized carbons (Fsp3) is 0.462. The van der Waals surface area contributed by atoms with Crippen LogP contribution in [0.1, 0.15) is 13.8 Å². The Morgan fingerprint density at radius 2 is 1.84 bits per heavy atom. The van der Waals surface area contributed by atoms with Gasteiger partial charge >= 0.3 is 0 Å². The van der Waals surface area contributed by atoms with Gasteiger partial charge in [-0.15, -0.1) is 0 Å². The van der Waals surface area contributed by atoms with Gasteiger partial charge in [0.15, 0.2) is 5.60 Å². The van der Waals surface area contributed by atoms with Crippen LogP contribution in [0.3, 0.4) is 0 Å². The largest absolute Gasteiger partial charge is 0.478 e. The highest BCUT2D eigenvalue weighted by molar-refractivity contribution is 6.30. The molecule has 0 aromatic heterocycles. The van der Waals surface area contributed by atoms with Crippen molar-refractivity contribution in [3.63, 3.8) is 0 Å². The number of ether oxygens (including phenoxy) is 1. The third-order valence-electron chi connectivity index (χ3n) is 2.51. The number of halogens is 1. The zero-order valence-corrected chi connectivity index (χ0v) is 11.6. The summed E-state index contributed by atoms with van der Waals surface area (Å²) in [5.41, 5.74) is -1.13. The van der Waals surface area contributed by atoms with Gasteiger partial charge in [-0.05, 0) is 38.1 Å². The Kier molecular flexibility index (Phi) is 5.60. The fourth-order valence-electron chi connectivity index (χ4n) is 1.35. The molecule has 0 saturated carbocycles. The third kappa shape index (κ3) is 4.70. The minimum atomic E-state index is -1.13. The molecule has 0 radical (unpaired) electrons. The molecule has 0 bridgehead atoms. The quantitative estimate of drug-likeness (QED) is 0.728. The van der Waals surface area contributed by atoms with Crippen molar-refractivity contribution in [2.24, 2.45) is 0 Å². The van der Waals surface area contributed by atoms with E-state index in [1.165, 1.54) is 0 Å². The number of nitrogens with one attached hydrogen (secondary N) is 1. The molecule has 0 aliphatic carbocycles. The van der Waals surface area contributed by atoms with Crippen LogP contribution in [0.15, 0.2) is 24.3 Å². The molecule has 0 unspecified atom stereocenters. The molecule has 0 saturated heterocycles. The number of aliphatic hydroxyl groups is 2. The predicted molar refractivity (Wildman–Crippen MR) is 72.3 cm³/mol. The van der Waals surface area contributed by atoms with E-state index < -0.39 is 17.6 Å². The van der Waals surface area contributed by atoms with E-state index in [0.29, 0.717) is 10.8 Å². The number of benzene rings is 1. The van der Waals surface area contributed by atoms with Crippen molar-refractivity contribution in [2.75, 3.05) is 13.2 Å². The highest BCUT2D eigenvalue weighted by Gasteiger charge is 2.31. The summed E-state index contributed by atoms with van der Waals surface area (Å²) in [7, 11) is 0. The molecule has 19 heavy (non-hydrogen) atoms. The van der Waals surface area contributed by atoms with E-state index in [1.54, 1.807) is 38.1 Å². The Labute approximate surface area is 117 Å². The van der Waals surface area contributed by atoms with Gasteiger partial charge < -0.3 is 20.3 Å². The highest BCUT2D eigenvalue weighted by Crippen LogP contribution is 2.21. The minimum Gasteiger partial charge on any atom is -0.478 e. The zero-order valence-electron chi connectivity index (χ0n) is 10.9. The molecule has 1 amide bonds. The van der Waals surface area contributed by atoms with Crippen molar-refractivity contribution in [3.05, 3.63) is 29.3 Å². The van der Waals surface area contributed by atoms with Crippen molar-refractivity contribution in [2.45, 2.75) is 25.5 Å². The normalized spacial score (nSPS) is 11.5. The summed E-state index contributed by atoms with van der Waals surface area (Å²) in [6, 6.07) is 5.95. The van der Waals surface area contributed by atoms with Crippen molar-refractivity contribution >= 4 is 17.5 Å². The van der Waals surface area contributed by atoms with Crippen molar-refractivity contribution in [1.82, 2.24) is 5.32 Å². The molecule has 0 spiro atoms. The van der Waals surface area contributed by atoms with Gasteiger partial charge in [-0.2, -0.15) is 0 Å². The molecule has 1 aromatic rings. The van der Waals surface area contributed by atoms with E-state index in [9.17, 15) is 4.79 Å². The van der Waals surface area contributed by atoms with Crippen LogP contribution < -0.4 is 10.1 Å². The number of amides is 1. The van der Waals surface area contributed by atoms with E-state index in [1.807, 2.05) is 0 Å². The van der Waals surface area contributed by atoms with Gasteiger partial charge in [0.2, 0.25) is 0 Å². The summed E-state index contributed by atoms with van der Waals surface area (Å²) in [4.78, 5) is 12.0. The molecule has 0 heterocycles. The van der Waals surface area contributed by atoms with Gasteiger partial charge in [-0.1, -0.05) is 11.6 Å². The first kappa shape index (κ1) is 15.8. The first-order valence-corrected chi connectivity index (χ1v) is 6.24. The second-order valence-electron chi connectivity index (χ2n) is 4.60. The van der Waals surface area contributed by atoms with Gasteiger partial charge in [-0.25, -0.2) is 0 Å². The van der Waals surface area contributed by atoms with E-state index in [0.717, 1.165) is 0 Å². The van der Waals surface area contributed by atoms with Gasteiger partial charge in [0.1, 0.15) is 5.75 Å². The molecule has 6 heteroatoms. The lowest BCUT2D eigenvalue weighted by atomic mass is 10.1. The average Bonchev–Trinajstić information content (AvgIpc) is 2.38. The standard InChI is InChI=1S/C13H18ClNO4/c1-13(2,12(18)15-10(7-16)8-17)19-11-5-3-9(14)4-6-11/h3-6,10,16-17H,7-8H2,1-2H3,(H,15,18). The monoisotopic (exact) mass is 287 g/mol. The molecule has 5 nitrogen and oxygen atoms in total. The summed E-state index contributed by atoms with van der Waals surface area (Å²) < 4.78 is 5.57. The number of rotatable bonds is 6. The van der Waals surface area contributed by atoms with Gasteiger partial charge in [0.05, 0.1) is 19.3 Å². The number of carbonyl (C=O) groups excluding carboxylic acids is 1. The van der Waals surface area contributed by atoms with Crippen molar-refractivity contribution < 1.29 is 19.7 Å². The lowest BCUT2D eigenvalue weighted by Crippen LogP contribution is -2.52. The smallest absolute Gasteiger partial charge is 0.263 e. The lowest BCUT2D eigenvalue weighted by molar-refractivity contribution is -0.135. The number of hydrogen-bond donors (Lipinski definition) is 3. The molecular weight excluding hydrogens is 270 g/mol. The molecule has 1 aromatic carbocycles. The van der Waals surface area contributed by atoms with E-state index in [-0.39, 0.29) is 13.2 Å². The second kappa shape index (κ2) is 6.75. The van der Waals surface area contributed by atoms with Crippen LogP contribution in [0.25, 0.3) is 0 Å². The summed E-state index contributed by atoms with van der Waals surface area (Å²) >= 11 is 5.76. The van der Waals surface area contributed by atoms with Crippen LogP contribution >= 0.6 is 11.6 Å². The van der Waals surface area contributed by atoms with Crippen LogP contribution in [-0.2, 0) is 4.79 Å². The number of hydrogen-bond acceptors (Lipinski definition) is 4. The summed E-state index contributed by atoms with van der Waals surface area (Å²) in [5.74, 6) is 0.0876. The Morgan fingerprint density at radius 3 is 2.32 bits per heavy atom. The maximum atomic E-state index is 12.0. The van der Waals surface area contributed by atoms with Crippen LogP contribution in [0.5, 0.6) is 5.75 Å². The zero-order chi connectivity index (χ0) is 14.5. The van der Waals surface area contributed by atoms with Gasteiger partial charge in [-0.3, -0.25) is 4.79 Å².